The Morgan fingerprint density at radius 3 is 2.71 bits per heavy atom. The lowest BCUT2D eigenvalue weighted by molar-refractivity contribution is 0.727. The van der Waals surface area contributed by atoms with Crippen molar-refractivity contribution in [3.63, 3.8) is 0 Å². The zero-order valence-corrected chi connectivity index (χ0v) is 13.1. The van der Waals surface area contributed by atoms with Gasteiger partial charge in [-0.25, -0.2) is 4.98 Å². The van der Waals surface area contributed by atoms with Gasteiger partial charge in [0.05, 0.1) is 11.6 Å². The molecule has 0 aliphatic rings. The molecule has 0 amide bonds. The van der Waals surface area contributed by atoms with Crippen LogP contribution in [0.25, 0.3) is 0 Å². The predicted molar refractivity (Wildman–Crippen MR) is 88.3 cm³/mol. The van der Waals surface area contributed by atoms with Gasteiger partial charge in [-0.15, -0.1) is 0 Å². The van der Waals surface area contributed by atoms with Crippen LogP contribution in [0.3, 0.4) is 0 Å². The molecular formula is C16H19ClN4. The third kappa shape index (κ3) is 3.16. The molecule has 0 saturated heterocycles. The van der Waals surface area contributed by atoms with Crippen molar-refractivity contribution in [2.24, 2.45) is 5.73 Å². The van der Waals surface area contributed by atoms with E-state index in [-0.39, 0.29) is 11.9 Å². The van der Waals surface area contributed by atoms with Gasteiger partial charge in [0.25, 0.3) is 0 Å². The molecular weight excluding hydrogens is 284 g/mol. The topological polar surface area (TPSA) is 66.0 Å². The first-order valence-corrected chi connectivity index (χ1v) is 7.08. The highest BCUT2D eigenvalue weighted by Crippen LogP contribution is 2.28. The zero-order chi connectivity index (χ0) is 15.6. The van der Waals surface area contributed by atoms with Gasteiger partial charge in [-0.2, -0.15) is 0 Å². The number of amidine groups is 1. The van der Waals surface area contributed by atoms with Crippen molar-refractivity contribution in [3.05, 3.63) is 58.2 Å². The van der Waals surface area contributed by atoms with Crippen molar-refractivity contribution in [1.82, 2.24) is 4.98 Å². The van der Waals surface area contributed by atoms with Gasteiger partial charge in [0.15, 0.2) is 0 Å². The molecule has 1 aromatic carbocycles. The summed E-state index contributed by atoms with van der Waals surface area (Å²) in [5.74, 6) is 0.732. The van der Waals surface area contributed by atoms with Crippen LogP contribution < -0.4 is 10.6 Å². The fraction of sp³-hybridized carbons (Fsp3) is 0.250. The van der Waals surface area contributed by atoms with Gasteiger partial charge < -0.3 is 10.6 Å². The molecule has 1 atom stereocenters. The van der Waals surface area contributed by atoms with Crippen molar-refractivity contribution in [2.75, 3.05) is 11.9 Å². The molecule has 3 N–H and O–H groups in total. The van der Waals surface area contributed by atoms with Crippen LogP contribution in [0.15, 0.2) is 36.5 Å². The number of halogens is 1. The standard InChI is InChI=1S/C16H19ClN4/c1-10-7-8-20-16(14(10)15(18)19)21(3)11(2)12-5-4-6-13(17)9-12/h4-9,11H,1-3H3,(H3,18,19). The van der Waals surface area contributed by atoms with Crippen molar-refractivity contribution in [3.8, 4) is 0 Å². The van der Waals surface area contributed by atoms with E-state index < -0.39 is 0 Å². The second kappa shape index (κ2) is 6.14. The van der Waals surface area contributed by atoms with E-state index in [4.69, 9.17) is 22.7 Å². The van der Waals surface area contributed by atoms with E-state index in [0.717, 1.165) is 11.1 Å². The summed E-state index contributed by atoms with van der Waals surface area (Å²) in [7, 11) is 1.94. The molecule has 0 aliphatic heterocycles. The van der Waals surface area contributed by atoms with Crippen LogP contribution in [0.5, 0.6) is 0 Å². The van der Waals surface area contributed by atoms with Crippen molar-refractivity contribution in [2.45, 2.75) is 19.9 Å². The number of anilines is 1. The molecule has 4 nitrogen and oxygen atoms in total. The van der Waals surface area contributed by atoms with E-state index >= 15 is 0 Å². The molecule has 1 aromatic heterocycles. The summed E-state index contributed by atoms with van der Waals surface area (Å²) in [4.78, 5) is 6.41. The van der Waals surface area contributed by atoms with Crippen LogP contribution in [0.2, 0.25) is 5.02 Å². The maximum atomic E-state index is 7.78. The van der Waals surface area contributed by atoms with Gasteiger partial charge >= 0.3 is 0 Å². The number of benzene rings is 1. The number of nitrogens with one attached hydrogen (secondary N) is 1. The Labute approximate surface area is 130 Å². The van der Waals surface area contributed by atoms with Gasteiger partial charge in [-0.3, -0.25) is 5.41 Å². The highest BCUT2D eigenvalue weighted by atomic mass is 35.5. The van der Waals surface area contributed by atoms with Gasteiger partial charge in [0.1, 0.15) is 11.7 Å². The second-order valence-electron chi connectivity index (χ2n) is 5.08. The van der Waals surface area contributed by atoms with Crippen molar-refractivity contribution < 1.29 is 0 Å². The fourth-order valence-corrected chi connectivity index (χ4v) is 2.52. The molecule has 5 heteroatoms. The Balaban J connectivity index is 2.43. The first-order chi connectivity index (χ1) is 9.91. The molecule has 0 fully saturated rings. The first-order valence-electron chi connectivity index (χ1n) is 6.70. The molecule has 0 spiro atoms. The number of nitrogens with zero attached hydrogens (tertiary/aromatic N) is 2. The number of aryl methyl sites for hydroxylation is 1. The number of hydrogen-bond acceptors (Lipinski definition) is 3. The number of hydrogen-bond donors (Lipinski definition) is 2. The van der Waals surface area contributed by atoms with E-state index in [1.165, 1.54) is 0 Å². The molecule has 0 saturated carbocycles. The van der Waals surface area contributed by atoms with Crippen molar-refractivity contribution in [1.29, 1.82) is 5.41 Å². The second-order valence-corrected chi connectivity index (χ2v) is 5.52. The van der Waals surface area contributed by atoms with Crippen LogP contribution in [0.4, 0.5) is 5.82 Å². The largest absolute Gasteiger partial charge is 0.384 e. The summed E-state index contributed by atoms with van der Waals surface area (Å²) in [6, 6.07) is 9.66. The molecule has 1 unspecified atom stereocenters. The quantitative estimate of drug-likeness (QED) is 0.671. The third-order valence-electron chi connectivity index (χ3n) is 3.65. The normalized spacial score (nSPS) is 12.0. The third-order valence-corrected chi connectivity index (χ3v) is 3.89. The van der Waals surface area contributed by atoms with E-state index in [2.05, 4.69) is 11.9 Å². The van der Waals surface area contributed by atoms with Gasteiger partial charge in [0, 0.05) is 18.3 Å². The molecule has 0 bridgehead atoms. The monoisotopic (exact) mass is 302 g/mol. The van der Waals surface area contributed by atoms with Crippen molar-refractivity contribution >= 4 is 23.3 Å². The Kier molecular flexibility index (Phi) is 4.48. The van der Waals surface area contributed by atoms with E-state index in [0.29, 0.717) is 16.4 Å². The Hall–Kier alpha value is -2.07. The maximum Gasteiger partial charge on any atom is 0.140 e. The predicted octanol–water partition coefficient (Wildman–Crippen LogP) is 3.52. The SMILES string of the molecule is Cc1ccnc(N(C)C(C)c2cccc(Cl)c2)c1C(=N)N. The fourth-order valence-electron chi connectivity index (χ4n) is 2.32. The Bertz CT molecular complexity index is 669. The van der Waals surface area contributed by atoms with Crippen LogP contribution in [0, 0.1) is 12.3 Å². The molecule has 1 heterocycles. The van der Waals surface area contributed by atoms with Crippen LogP contribution >= 0.6 is 11.6 Å². The highest BCUT2D eigenvalue weighted by Gasteiger charge is 2.19. The lowest BCUT2D eigenvalue weighted by Gasteiger charge is -2.28. The van der Waals surface area contributed by atoms with E-state index in [1.807, 2.05) is 49.2 Å². The molecule has 0 radical (unpaired) electrons. The van der Waals surface area contributed by atoms with Crippen LogP contribution in [-0.4, -0.2) is 17.9 Å². The summed E-state index contributed by atoms with van der Waals surface area (Å²) in [6.45, 7) is 4.00. The van der Waals surface area contributed by atoms with Gasteiger partial charge in [-0.1, -0.05) is 23.7 Å². The summed E-state index contributed by atoms with van der Waals surface area (Å²) in [6.07, 6.45) is 1.73. The lowest BCUT2D eigenvalue weighted by Crippen LogP contribution is -2.27. The number of aromatic nitrogens is 1. The average molecular weight is 303 g/mol. The molecule has 2 aromatic rings. The minimum Gasteiger partial charge on any atom is -0.384 e. The summed E-state index contributed by atoms with van der Waals surface area (Å²) < 4.78 is 0. The zero-order valence-electron chi connectivity index (χ0n) is 12.4. The molecule has 21 heavy (non-hydrogen) atoms. The van der Waals surface area contributed by atoms with Gasteiger partial charge in [0.2, 0.25) is 0 Å². The van der Waals surface area contributed by atoms with E-state index in [9.17, 15) is 0 Å². The Morgan fingerprint density at radius 1 is 1.38 bits per heavy atom. The van der Waals surface area contributed by atoms with E-state index in [1.54, 1.807) is 6.20 Å². The average Bonchev–Trinajstić information content (AvgIpc) is 2.45. The number of nitrogens with two attached hydrogens (primary N) is 1. The minimum atomic E-state index is 0.0285. The van der Waals surface area contributed by atoms with Crippen LogP contribution in [0.1, 0.15) is 29.7 Å². The maximum absolute atomic E-state index is 7.78. The lowest BCUT2D eigenvalue weighted by atomic mass is 10.1. The molecule has 0 aliphatic carbocycles. The molecule has 2 rings (SSSR count). The minimum absolute atomic E-state index is 0.0285. The first kappa shape index (κ1) is 15.3. The van der Waals surface area contributed by atoms with Gasteiger partial charge in [-0.05, 0) is 43.2 Å². The summed E-state index contributed by atoms with van der Waals surface area (Å²) in [5, 5.41) is 8.49. The number of rotatable bonds is 4. The van der Waals surface area contributed by atoms with Crippen LogP contribution in [-0.2, 0) is 0 Å². The number of nitrogen functional groups attached to an aromatic ring is 1. The smallest absolute Gasteiger partial charge is 0.140 e. The number of pyridine rings is 1. The summed E-state index contributed by atoms with van der Waals surface area (Å²) in [5.41, 5.74) is 8.41. The summed E-state index contributed by atoms with van der Waals surface area (Å²) >= 11 is 6.06. The highest BCUT2D eigenvalue weighted by molar-refractivity contribution is 6.30. The Morgan fingerprint density at radius 2 is 2.10 bits per heavy atom. The molecule has 110 valence electrons.